The zero-order valence-electron chi connectivity index (χ0n) is 12.4. The molecule has 0 fully saturated rings. The predicted molar refractivity (Wildman–Crippen MR) is 77.0 cm³/mol. The van der Waals surface area contributed by atoms with Crippen LogP contribution in [0.4, 0.5) is 4.39 Å². The molecule has 0 radical (unpaired) electrons. The zero-order valence-corrected chi connectivity index (χ0v) is 12.4. The summed E-state index contributed by atoms with van der Waals surface area (Å²) in [5, 5.41) is 3.38. The highest BCUT2D eigenvalue weighted by molar-refractivity contribution is 5.28. The third-order valence-corrected chi connectivity index (χ3v) is 2.92. The number of nitrogens with one attached hydrogen (secondary N) is 1. The first-order chi connectivity index (χ1) is 9.02. The number of hydrogen-bond donors (Lipinski definition) is 1. The Bertz CT molecular complexity index is 382. The van der Waals surface area contributed by atoms with E-state index in [9.17, 15) is 4.39 Å². The normalized spacial score (nSPS) is 11.3. The molecule has 0 atom stereocenters. The summed E-state index contributed by atoms with van der Waals surface area (Å²) in [6, 6.07) is 5.01. The van der Waals surface area contributed by atoms with Gasteiger partial charge in [-0.1, -0.05) is 19.9 Å². The van der Waals surface area contributed by atoms with Gasteiger partial charge in [0.15, 0.2) is 0 Å². The Morgan fingerprint density at radius 3 is 2.68 bits per heavy atom. The van der Waals surface area contributed by atoms with Gasteiger partial charge in [0.1, 0.15) is 11.6 Å². The molecule has 1 N–H and O–H groups in total. The summed E-state index contributed by atoms with van der Waals surface area (Å²) in [5.41, 5.74) is 0.701. The average molecular weight is 268 g/mol. The standard InChI is InChI=1S/C15H25FN2O/c1-12(2)10-17-7-8-18(3)11-13-5-6-14(19-4)9-15(13)16/h5-6,9,12,17H,7-8,10-11H2,1-4H3. The fraction of sp³-hybridized carbons (Fsp3) is 0.600. The van der Waals surface area contributed by atoms with E-state index in [0.717, 1.165) is 19.6 Å². The smallest absolute Gasteiger partial charge is 0.131 e. The monoisotopic (exact) mass is 268 g/mol. The molecule has 0 aliphatic rings. The minimum Gasteiger partial charge on any atom is -0.497 e. The van der Waals surface area contributed by atoms with Crippen LogP contribution in [0.15, 0.2) is 18.2 Å². The lowest BCUT2D eigenvalue weighted by Gasteiger charge is -2.18. The van der Waals surface area contributed by atoms with E-state index < -0.39 is 0 Å². The van der Waals surface area contributed by atoms with Gasteiger partial charge in [0.2, 0.25) is 0 Å². The fourth-order valence-electron chi connectivity index (χ4n) is 1.81. The molecule has 0 unspecified atom stereocenters. The molecular formula is C15H25FN2O. The van der Waals surface area contributed by atoms with Gasteiger partial charge in [-0.05, 0) is 25.6 Å². The maximum atomic E-state index is 13.8. The third-order valence-electron chi connectivity index (χ3n) is 2.92. The van der Waals surface area contributed by atoms with E-state index in [4.69, 9.17) is 4.74 Å². The van der Waals surface area contributed by atoms with E-state index in [0.29, 0.717) is 23.8 Å². The van der Waals surface area contributed by atoms with Crippen LogP contribution in [0.2, 0.25) is 0 Å². The Labute approximate surface area is 115 Å². The molecule has 0 aromatic heterocycles. The largest absolute Gasteiger partial charge is 0.497 e. The van der Waals surface area contributed by atoms with Crippen LogP contribution in [0, 0.1) is 11.7 Å². The Balaban J connectivity index is 2.37. The summed E-state index contributed by atoms with van der Waals surface area (Å²) in [7, 11) is 3.54. The van der Waals surface area contributed by atoms with Gasteiger partial charge in [-0.25, -0.2) is 4.39 Å². The van der Waals surface area contributed by atoms with E-state index in [-0.39, 0.29) is 5.82 Å². The van der Waals surface area contributed by atoms with Gasteiger partial charge in [-0.3, -0.25) is 0 Å². The van der Waals surface area contributed by atoms with Gasteiger partial charge >= 0.3 is 0 Å². The number of likely N-dealkylation sites (N-methyl/N-ethyl adjacent to an activating group) is 1. The van der Waals surface area contributed by atoms with Crippen LogP contribution < -0.4 is 10.1 Å². The Hall–Kier alpha value is -1.13. The summed E-state index contributed by atoms with van der Waals surface area (Å²) in [5.74, 6) is 1.01. The van der Waals surface area contributed by atoms with E-state index in [2.05, 4.69) is 24.1 Å². The summed E-state index contributed by atoms with van der Waals surface area (Å²) >= 11 is 0. The molecule has 0 bridgehead atoms. The minimum absolute atomic E-state index is 0.207. The molecule has 19 heavy (non-hydrogen) atoms. The first-order valence-corrected chi connectivity index (χ1v) is 6.74. The molecule has 0 aliphatic heterocycles. The molecule has 0 aliphatic carbocycles. The van der Waals surface area contributed by atoms with Gasteiger partial charge in [0, 0.05) is 31.3 Å². The van der Waals surface area contributed by atoms with Crippen LogP contribution in [-0.2, 0) is 6.54 Å². The SMILES string of the molecule is COc1ccc(CN(C)CCNCC(C)C)c(F)c1. The van der Waals surface area contributed by atoms with E-state index in [1.165, 1.54) is 6.07 Å². The Kier molecular flexibility index (Phi) is 6.81. The minimum atomic E-state index is -0.207. The van der Waals surface area contributed by atoms with Crippen LogP contribution in [0.1, 0.15) is 19.4 Å². The number of rotatable bonds is 8. The van der Waals surface area contributed by atoms with Crippen molar-refractivity contribution in [3.63, 3.8) is 0 Å². The molecule has 108 valence electrons. The van der Waals surface area contributed by atoms with E-state index >= 15 is 0 Å². The molecule has 1 aromatic carbocycles. The molecule has 0 saturated carbocycles. The van der Waals surface area contributed by atoms with E-state index in [1.54, 1.807) is 19.2 Å². The van der Waals surface area contributed by atoms with Crippen LogP contribution in [0.25, 0.3) is 0 Å². The van der Waals surface area contributed by atoms with Gasteiger partial charge in [0.25, 0.3) is 0 Å². The van der Waals surface area contributed by atoms with E-state index in [1.807, 2.05) is 7.05 Å². The number of halogens is 1. The molecule has 1 aromatic rings. The second-order valence-corrected chi connectivity index (χ2v) is 5.29. The third kappa shape index (κ3) is 6.03. The second-order valence-electron chi connectivity index (χ2n) is 5.29. The van der Waals surface area contributed by atoms with Gasteiger partial charge in [-0.15, -0.1) is 0 Å². The highest BCUT2D eigenvalue weighted by Gasteiger charge is 2.07. The lowest BCUT2D eigenvalue weighted by molar-refractivity contribution is 0.316. The van der Waals surface area contributed by atoms with Gasteiger partial charge < -0.3 is 15.0 Å². The van der Waals surface area contributed by atoms with Crippen molar-refractivity contribution < 1.29 is 9.13 Å². The zero-order chi connectivity index (χ0) is 14.3. The molecule has 0 spiro atoms. The summed E-state index contributed by atoms with van der Waals surface area (Å²) < 4.78 is 18.8. The van der Waals surface area contributed by atoms with Crippen molar-refractivity contribution >= 4 is 0 Å². The number of ether oxygens (including phenoxy) is 1. The van der Waals surface area contributed by atoms with Crippen LogP contribution >= 0.6 is 0 Å². The topological polar surface area (TPSA) is 24.5 Å². The van der Waals surface area contributed by atoms with Crippen molar-refractivity contribution in [2.45, 2.75) is 20.4 Å². The Morgan fingerprint density at radius 2 is 2.11 bits per heavy atom. The highest BCUT2D eigenvalue weighted by atomic mass is 19.1. The molecule has 0 heterocycles. The van der Waals surface area contributed by atoms with Gasteiger partial charge in [-0.2, -0.15) is 0 Å². The van der Waals surface area contributed by atoms with Crippen molar-refractivity contribution in [3.8, 4) is 5.75 Å². The number of benzene rings is 1. The van der Waals surface area contributed by atoms with Gasteiger partial charge in [0.05, 0.1) is 7.11 Å². The van der Waals surface area contributed by atoms with Crippen molar-refractivity contribution in [2.24, 2.45) is 5.92 Å². The van der Waals surface area contributed by atoms with Crippen LogP contribution in [0.3, 0.4) is 0 Å². The predicted octanol–water partition coefficient (Wildman–Crippen LogP) is 2.51. The molecular weight excluding hydrogens is 243 g/mol. The highest BCUT2D eigenvalue weighted by Crippen LogP contribution is 2.17. The molecule has 0 saturated heterocycles. The lowest BCUT2D eigenvalue weighted by Crippen LogP contribution is -2.31. The van der Waals surface area contributed by atoms with Crippen molar-refractivity contribution in [1.82, 2.24) is 10.2 Å². The Morgan fingerprint density at radius 1 is 1.37 bits per heavy atom. The van der Waals surface area contributed by atoms with Crippen LogP contribution in [-0.4, -0.2) is 38.7 Å². The summed E-state index contributed by atoms with van der Waals surface area (Å²) in [4.78, 5) is 2.11. The molecule has 4 heteroatoms. The van der Waals surface area contributed by atoms with Crippen LogP contribution in [0.5, 0.6) is 5.75 Å². The number of hydrogen-bond acceptors (Lipinski definition) is 3. The average Bonchev–Trinajstić information content (AvgIpc) is 2.37. The summed E-state index contributed by atoms with van der Waals surface area (Å²) in [6.07, 6.45) is 0. The molecule has 1 rings (SSSR count). The summed E-state index contributed by atoms with van der Waals surface area (Å²) in [6.45, 7) is 7.82. The fourth-order valence-corrected chi connectivity index (χ4v) is 1.81. The quantitative estimate of drug-likeness (QED) is 0.733. The van der Waals surface area contributed by atoms with Crippen molar-refractivity contribution in [3.05, 3.63) is 29.6 Å². The first-order valence-electron chi connectivity index (χ1n) is 6.74. The number of nitrogens with zero attached hydrogens (tertiary/aromatic N) is 1. The number of methoxy groups -OCH3 is 1. The maximum absolute atomic E-state index is 13.8. The van der Waals surface area contributed by atoms with Crippen molar-refractivity contribution in [1.29, 1.82) is 0 Å². The lowest BCUT2D eigenvalue weighted by atomic mass is 10.2. The van der Waals surface area contributed by atoms with Crippen molar-refractivity contribution in [2.75, 3.05) is 33.8 Å². The molecule has 0 amide bonds. The maximum Gasteiger partial charge on any atom is 0.131 e. The first kappa shape index (κ1) is 15.9. The molecule has 3 nitrogen and oxygen atoms in total. The second kappa shape index (κ2) is 8.12.